The molecule has 0 radical (unpaired) electrons. The fourth-order valence-electron chi connectivity index (χ4n) is 3.47. The van der Waals surface area contributed by atoms with Crippen molar-refractivity contribution >= 4 is 5.91 Å². The first-order chi connectivity index (χ1) is 10.1. The minimum absolute atomic E-state index is 0.0262. The van der Waals surface area contributed by atoms with E-state index < -0.39 is 0 Å². The highest BCUT2D eigenvalue weighted by atomic mass is 16.3. The summed E-state index contributed by atoms with van der Waals surface area (Å²) in [4.78, 5) is 15.0. The highest BCUT2D eigenvalue weighted by Gasteiger charge is 2.39. The normalized spacial score (nSPS) is 25.6. The monoisotopic (exact) mass is 287 g/mol. The molecular weight excluding hydrogens is 262 g/mol. The Morgan fingerprint density at radius 2 is 1.67 bits per heavy atom. The van der Waals surface area contributed by atoms with Crippen molar-refractivity contribution in [2.45, 2.75) is 64.5 Å². The first kappa shape index (κ1) is 14.4. The van der Waals surface area contributed by atoms with Gasteiger partial charge >= 0.3 is 0 Å². The molecule has 2 fully saturated rings. The number of phenols is 1. The van der Waals surface area contributed by atoms with Crippen LogP contribution in [-0.4, -0.2) is 28.0 Å². The van der Waals surface area contributed by atoms with Gasteiger partial charge in [-0.05, 0) is 63.0 Å². The number of benzene rings is 1. The number of aryl methyl sites for hydroxylation is 1. The third kappa shape index (κ3) is 2.92. The average molecular weight is 287 g/mol. The molecule has 2 aliphatic carbocycles. The van der Waals surface area contributed by atoms with E-state index >= 15 is 0 Å². The van der Waals surface area contributed by atoms with Crippen LogP contribution in [0.4, 0.5) is 0 Å². The number of hydrogen-bond donors (Lipinski definition) is 1. The van der Waals surface area contributed by atoms with Crippen LogP contribution in [0.1, 0.15) is 61.4 Å². The average Bonchev–Trinajstić information content (AvgIpc) is 3.29. The Hall–Kier alpha value is -1.51. The van der Waals surface area contributed by atoms with Crippen LogP contribution in [0.3, 0.4) is 0 Å². The molecule has 21 heavy (non-hydrogen) atoms. The van der Waals surface area contributed by atoms with Crippen molar-refractivity contribution in [3.63, 3.8) is 0 Å². The molecule has 2 aliphatic rings. The highest BCUT2D eigenvalue weighted by molar-refractivity contribution is 5.97. The summed E-state index contributed by atoms with van der Waals surface area (Å²) in [6.45, 7) is 4.14. The maximum atomic E-state index is 12.9. The largest absolute Gasteiger partial charge is 0.507 e. The van der Waals surface area contributed by atoms with E-state index in [1.165, 1.54) is 12.8 Å². The molecule has 114 valence electrons. The van der Waals surface area contributed by atoms with E-state index in [-0.39, 0.29) is 11.7 Å². The molecule has 3 heteroatoms. The molecule has 0 heterocycles. The number of rotatable bonds is 3. The number of phenolic OH excluding ortho intramolecular Hbond substituents is 1. The van der Waals surface area contributed by atoms with Crippen molar-refractivity contribution in [2.75, 3.05) is 0 Å². The third-order valence-corrected chi connectivity index (χ3v) is 5.02. The van der Waals surface area contributed by atoms with Gasteiger partial charge in [-0.15, -0.1) is 0 Å². The molecule has 0 atom stereocenters. The zero-order chi connectivity index (χ0) is 15.0. The lowest BCUT2D eigenvalue weighted by Gasteiger charge is -2.36. The van der Waals surface area contributed by atoms with Crippen LogP contribution >= 0.6 is 0 Å². The molecule has 0 bridgehead atoms. The fourth-order valence-corrected chi connectivity index (χ4v) is 3.47. The highest BCUT2D eigenvalue weighted by Crippen LogP contribution is 2.37. The van der Waals surface area contributed by atoms with E-state index in [4.69, 9.17) is 0 Å². The molecule has 3 nitrogen and oxygen atoms in total. The Bertz CT molecular complexity index is 528. The topological polar surface area (TPSA) is 40.5 Å². The molecule has 1 aromatic carbocycles. The summed E-state index contributed by atoms with van der Waals surface area (Å²) in [5.41, 5.74) is 1.24. The second-order valence-corrected chi connectivity index (χ2v) is 6.83. The van der Waals surface area contributed by atoms with Gasteiger partial charge in [-0.1, -0.05) is 19.1 Å². The quantitative estimate of drug-likeness (QED) is 0.916. The zero-order valence-corrected chi connectivity index (χ0v) is 13.0. The molecule has 0 spiro atoms. The Morgan fingerprint density at radius 3 is 2.24 bits per heavy atom. The predicted molar refractivity (Wildman–Crippen MR) is 83.5 cm³/mol. The van der Waals surface area contributed by atoms with Crippen molar-refractivity contribution in [1.29, 1.82) is 0 Å². The Balaban J connectivity index is 1.84. The first-order valence-corrected chi connectivity index (χ1v) is 8.19. The molecule has 2 saturated carbocycles. The van der Waals surface area contributed by atoms with Gasteiger partial charge in [-0.25, -0.2) is 0 Å². The van der Waals surface area contributed by atoms with Crippen molar-refractivity contribution in [3.05, 3.63) is 29.3 Å². The standard InChI is InChI=1S/C18H25NO2/c1-12-6-8-14(9-7-12)19(15-10-11-15)18(21)16-5-3-4-13(2)17(16)20/h3-5,12,14-15,20H,6-11H2,1-2H3. The maximum Gasteiger partial charge on any atom is 0.258 e. The van der Waals surface area contributed by atoms with Crippen LogP contribution in [0, 0.1) is 12.8 Å². The van der Waals surface area contributed by atoms with E-state index in [9.17, 15) is 9.90 Å². The first-order valence-electron chi connectivity index (χ1n) is 8.19. The summed E-state index contributed by atoms with van der Waals surface area (Å²) in [6.07, 6.45) is 6.86. The SMILES string of the molecule is Cc1cccc(C(=O)N(C2CCC(C)CC2)C2CC2)c1O. The number of para-hydroxylation sites is 1. The van der Waals surface area contributed by atoms with E-state index in [0.717, 1.165) is 37.2 Å². The molecule has 0 saturated heterocycles. The van der Waals surface area contributed by atoms with Crippen LogP contribution in [-0.2, 0) is 0 Å². The van der Waals surface area contributed by atoms with Gasteiger partial charge in [0.05, 0.1) is 5.56 Å². The minimum atomic E-state index is 0.0262. The van der Waals surface area contributed by atoms with Crippen molar-refractivity contribution < 1.29 is 9.90 Å². The van der Waals surface area contributed by atoms with Crippen molar-refractivity contribution in [2.24, 2.45) is 5.92 Å². The molecule has 0 unspecified atom stereocenters. The smallest absolute Gasteiger partial charge is 0.258 e. The van der Waals surface area contributed by atoms with E-state index in [2.05, 4.69) is 11.8 Å². The Kier molecular flexibility index (Phi) is 3.92. The second-order valence-electron chi connectivity index (χ2n) is 6.83. The van der Waals surface area contributed by atoms with Gasteiger partial charge in [0, 0.05) is 12.1 Å². The number of hydrogen-bond acceptors (Lipinski definition) is 2. The van der Waals surface area contributed by atoms with Crippen molar-refractivity contribution in [1.82, 2.24) is 4.90 Å². The van der Waals surface area contributed by atoms with Gasteiger partial charge in [0.25, 0.3) is 5.91 Å². The lowest BCUT2D eigenvalue weighted by molar-refractivity contribution is 0.0590. The summed E-state index contributed by atoms with van der Waals surface area (Å²) in [5, 5.41) is 10.2. The molecule has 0 aromatic heterocycles. The third-order valence-electron chi connectivity index (χ3n) is 5.02. The fraction of sp³-hybridized carbons (Fsp3) is 0.611. The van der Waals surface area contributed by atoms with Crippen LogP contribution in [0.15, 0.2) is 18.2 Å². The van der Waals surface area contributed by atoms with Crippen LogP contribution in [0.25, 0.3) is 0 Å². The van der Waals surface area contributed by atoms with E-state index in [1.807, 2.05) is 19.1 Å². The summed E-state index contributed by atoms with van der Waals surface area (Å²) < 4.78 is 0. The van der Waals surface area contributed by atoms with Crippen LogP contribution < -0.4 is 0 Å². The molecular formula is C18H25NO2. The number of carbonyl (C=O) groups excluding carboxylic acids is 1. The Morgan fingerprint density at radius 1 is 1.10 bits per heavy atom. The van der Waals surface area contributed by atoms with E-state index in [1.54, 1.807) is 6.07 Å². The number of carbonyl (C=O) groups is 1. The second kappa shape index (κ2) is 5.70. The lowest BCUT2D eigenvalue weighted by atomic mass is 9.86. The Labute approximate surface area is 127 Å². The summed E-state index contributed by atoms with van der Waals surface area (Å²) in [5.74, 6) is 0.959. The van der Waals surface area contributed by atoms with E-state index in [0.29, 0.717) is 17.6 Å². The molecule has 0 aliphatic heterocycles. The zero-order valence-electron chi connectivity index (χ0n) is 13.0. The summed E-state index contributed by atoms with van der Waals surface area (Å²) in [7, 11) is 0. The number of aromatic hydroxyl groups is 1. The van der Waals surface area contributed by atoms with Crippen LogP contribution in [0.5, 0.6) is 5.75 Å². The lowest BCUT2D eigenvalue weighted by Crippen LogP contribution is -2.43. The van der Waals surface area contributed by atoms with Gasteiger partial charge in [0.1, 0.15) is 5.75 Å². The molecule has 1 amide bonds. The molecule has 3 rings (SSSR count). The van der Waals surface area contributed by atoms with Crippen LogP contribution in [0.2, 0.25) is 0 Å². The molecule has 1 aromatic rings. The summed E-state index contributed by atoms with van der Waals surface area (Å²) >= 11 is 0. The predicted octanol–water partition coefficient (Wildman–Crippen LogP) is 3.88. The molecule has 1 N–H and O–H groups in total. The summed E-state index contributed by atoms with van der Waals surface area (Å²) in [6, 6.07) is 6.22. The van der Waals surface area contributed by atoms with Gasteiger partial charge in [-0.2, -0.15) is 0 Å². The minimum Gasteiger partial charge on any atom is -0.507 e. The van der Waals surface area contributed by atoms with Gasteiger partial charge in [-0.3, -0.25) is 4.79 Å². The van der Waals surface area contributed by atoms with Gasteiger partial charge < -0.3 is 10.0 Å². The number of nitrogens with zero attached hydrogens (tertiary/aromatic N) is 1. The number of amides is 1. The van der Waals surface area contributed by atoms with Gasteiger partial charge in [0.2, 0.25) is 0 Å². The van der Waals surface area contributed by atoms with Gasteiger partial charge in [0.15, 0.2) is 0 Å². The van der Waals surface area contributed by atoms with Crippen molar-refractivity contribution in [3.8, 4) is 5.75 Å². The maximum absolute atomic E-state index is 12.9.